The summed E-state index contributed by atoms with van der Waals surface area (Å²) >= 11 is 1.40. The molecule has 1 unspecified atom stereocenters. The zero-order chi connectivity index (χ0) is 12.4. The van der Waals surface area contributed by atoms with Crippen LogP contribution < -0.4 is 11.4 Å². The van der Waals surface area contributed by atoms with Crippen molar-refractivity contribution in [2.24, 2.45) is 12.8 Å². The molecule has 1 atom stereocenters. The molecule has 7 heteroatoms. The third kappa shape index (κ3) is 2.45. The average Bonchev–Trinajstić information content (AvgIpc) is 2.86. The molecule has 0 spiro atoms. The standard InChI is InChI=1S/C10H14N4O2S/c1-6-3-4-7(16-6)8(5-11)17-10-13-12-9(15)14(10)2/h3-4,8H,5,11H2,1-2H3,(H,12,15). The van der Waals surface area contributed by atoms with Crippen LogP contribution in [-0.4, -0.2) is 21.3 Å². The molecule has 0 bridgehead atoms. The number of aromatic amines is 1. The Morgan fingerprint density at radius 1 is 1.65 bits per heavy atom. The van der Waals surface area contributed by atoms with Crippen molar-refractivity contribution < 1.29 is 4.42 Å². The molecule has 6 nitrogen and oxygen atoms in total. The number of H-pyrrole nitrogens is 1. The van der Waals surface area contributed by atoms with E-state index < -0.39 is 0 Å². The molecular weight excluding hydrogens is 240 g/mol. The summed E-state index contributed by atoms with van der Waals surface area (Å²) in [5.41, 5.74) is 5.48. The highest BCUT2D eigenvalue weighted by Gasteiger charge is 2.18. The summed E-state index contributed by atoms with van der Waals surface area (Å²) < 4.78 is 6.98. The lowest BCUT2D eigenvalue weighted by atomic mass is 10.3. The molecular formula is C10H14N4O2S. The van der Waals surface area contributed by atoms with Crippen molar-refractivity contribution in [1.82, 2.24) is 14.8 Å². The van der Waals surface area contributed by atoms with Crippen molar-refractivity contribution in [3.63, 3.8) is 0 Å². The van der Waals surface area contributed by atoms with Gasteiger partial charge in [-0.2, -0.15) is 0 Å². The van der Waals surface area contributed by atoms with E-state index in [1.165, 1.54) is 16.3 Å². The zero-order valence-electron chi connectivity index (χ0n) is 9.64. The molecule has 3 N–H and O–H groups in total. The minimum absolute atomic E-state index is 0.0439. The molecule has 0 amide bonds. The first kappa shape index (κ1) is 12.0. The molecule has 0 aliphatic rings. The molecule has 2 rings (SSSR count). The summed E-state index contributed by atoms with van der Waals surface area (Å²) in [6.45, 7) is 2.30. The lowest BCUT2D eigenvalue weighted by Crippen LogP contribution is -2.14. The second-order valence-corrected chi connectivity index (χ2v) is 4.83. The van der Waals surface area contributed by atoms with Gasteiger partial charge in [0.25, 0.3) is 0 Å². The normalized spacial score (nSPS) is 12.9. The molecule has 0 saturated carbocycles. The lowest BCUT2D eigenvalue weighted by molar-refractivity contribution is 0.481. The summed E-state index contributed by atoms with van der Waals surface area (Å²) in [6.07, 6.45) is 0. The Balaban J connectivity index is 2.21. The minimum Gasteiger partial charge on any atom is -0.465 e. The Bertz CT molecular complexity index is 557. The van der Waals surface area contributed by atoms with Gasteiger partial charge in [-0.15, -0.1) is 5.10 Å². The zero-order valence-corrected chi connectivity index (χ0v) is 10.5. The second-order valence-electron chi connectivity index (χ2n) is 3.66. The number of nitrogens with zero attached hydrogens (tertiary/aromatic N) is 2. The third-order valence-electron chi connectivity index (χ3n) is 2.38. The van der Waals surface area contributed by atoms with Gasteiger partial charge in [-0.25, -0.2) is 9.89 Å². The number of nitrogens with two attached hydrogens (primary N) is 1. The highest BCUT2D eigenvalue weighted by Crippen LogP contribution is 2.33. The van der Waals surface area contributed by atoms with Gasteiger partial charge >= 0.3 is 5.69 Å². The van der Waals surface area contributed by atoms with Crippen LogP contribution in [-0.2, 0) is 7.05 Å². The number of aromatic nitrogens is 3. The van der Waals surface area contributed by atoms with E-state index in [0.717, 1.165) is 11.5 Å². The number of rotatable bonds is 4. The SMILES string of the molecule is Cc1ccc(C(CN)Sc2n[nH]c(=O)n2C)o1. The Hall–Kier alpha value is -1.47. The van der Waals surface area contributed by atoms with Gasteiger partial charge in [0.1, 0.15) is 11.5 Å². The van der Waals surface area contributed by atoms with E-state index in [-0.39, 0.29) is 10.9 Å². The van der Waals surface area contributed by atoms with E-state index in [1.54, 1.807) is 7.05 Å². The van der Waals surface area contributed by atoms with Crippen LogP contribution in [0, 0.1) is 6.92 Å². The fraction of sp³-hybridized carbons (Fsp3) is 0.400. The van der Waals surface area contributed by atoms with Gasteiger partial charge in [0.2, 0.25) is 0 Å². The fourth-order valence-electron chi connectivity index (χ4n) is 1.41. The van der Waals surface area contributed by atoms with Gasteiger partial charge in [-0.1, -0.05) is 11.8 Å². The number of aryl methyl sites for hydroxylation is 1. The van der Waals surface area contributed by atoms with Crippen LogP contribution in [0.3, 0.4) is 0 Å². The first-order valence-corrected chi connectivity index (χ1v) is 6.04. The van der Waals surface area contributed by atoms with Gasteiger partial charge in [-0.3, -0.25) is 4.57 Å². The Kier molecular flexibility index (Phi) is 3.39. The Labute approximate surface area is 102 Å². The molecule has 2 aromatic rings. The smallest absolute Gasteiger partial charge is 0.343 e. The van der Waals surface area contributed by atoms with Crippen LogP contribution in [0.1, 0.15) is 16.8 Å². The van der Waals surface area contributed by atoms with E-state index in [0.29, 0.717) is 11.7 Å². The number of thioether (sulfide) groups is 1. The quantitative estimate of drug-likeness (QED) is 0.788. The Morgan fingerprint density at radius 3 is 2.88 bits per heavy atom. The molecule has 92 valence electrons. The van der Waals surface area contributed by atoms with Gasteiger partial charge in [0, 0.05) is 13.6 Å². The van der Waals surface area contributed by atoms with Crippen molar-refractivity contribution in [3.8, 4) is 0 Å². The van der Waals surface area contributed by atoms with Crippen LogP contribution in [0.5, 0.6) is 0 Å². The van der Waals surface area contributed by atoms with Gasteiger partial charge in [0.05, 0.1) is 5.25 Å². The number of hydrogen-bond donors (Lipinski definition) is 2. The molecule has 17 heavy (non-hydrogen) atoms. The summed E-state index contributed by atoms with van der Waals surface area (Å²) in [6, 6.07) is 3.78. The summed E-state index contributed by atoms with van der Waals surface area (Å²) in [5, 5.41) is 6.87. The Morgan fingerprint density at radius 2 is 2.41 bits per heavy atom. The van der Waals surface area contributed by atoms with Crippen LogP contribution >= 0.6 is 11.8 Å². The lowest BCUT2D eigenvalue weighted by Gasteiger charge is -2.10. The first-order chi connectivity index (χ1) is 8.11. The van der Waals surface area contributed by atoms with Crippen molar-refractivity contribution >= 4 is 11.8 Å². The summed E-state index contributed by atoms with van der Waals surface area (Å²) in [7, 11) is 1.66. The van der Waals surface area contributed by atoms with E-state index in [4.69, 9.17) is 10.2 Å². The van der Waals surface area contributed by atoms with Crippen molar-refractivity contribution in [2.75, 3.05) is 6.54 Å². The predicted octanol–water partition coefficient (Wildman–Crippen LogP) is 0.802. The van der Waals surface area contributed by atoms with Crippen molar-refractivity contribution in [1.29, 1.82) is 0 Å². The molecule has 0 aliphatic heterocycles. The maximum atomic E-state index is 11.2. The van der Waals surface area contributed by atoms with Crippen LogP contribution in [0.4, 0.5) is 0 Å². The van der Waals surface area contributed by atoms with Crippen LogP contribution in [0.15, 0.2) is 26.5 Å². The fourth-order valence-corrected chi connectivity index (χ4v) is 2.35. The van der Waals surface area contributed by atoms with E-state index in [9.17, 15) is 4.79 Å². The topological polar surface area (TPSA) is 89.8 Å². The van der Waals surface area contributed by atoms with E-state index in [2.05, 4.69) is 10.2 Å². The second kappa shape index (κ2) is 4.80. The highest BCUT2D eigenvalue weighted by molar-refractivity contribution is 7.99. The maximum absolute atomic E-state index is 11.2. The molecule has 2 aromatic heterocycles. The number of hydrogen-bond acceptors (Lipinski definition) is 5. The number of nitrogens with one attached hydrogen (secondary N) is 1. The maximum Gasteiger partial charge on any atom is 0.343 e. The van der Waals surface area contributed by atoms with E-state index >= 15 is 0 Å². The molecule has 2 heterocycles. The summed E-state index contributed by atoms with van der Waals surface area (Å²) in [5.74, 6) is 1.64. The van der Waals surface area contributed by atoms with Crippen LogP contribution in [0.2, 0.25) is 0 Å². The summed E-state index contributed by atoms with van der Waals surface area (Å²) in [4.78, 5) is 11.2. The molecule has 0 fully saturated rings. The minimum atomic E-state index is -0.237. The predicted molar refractivity (Wildman–Crippen MR) is 64.9 cm³/mol. The molecule has 0 radical (unpaired) electrons. The van der Waals surface area contributed by atoms with Gasteiger partial charge < -0.3 is 10.2 Å². The largest absolute Gasteiger partial charge is 0.465 e. The highest BCUT2D eigenvalue weighted by atomic mass is 32.2. The monoisotopic (exact) mass is 254 g/mol. The molecule has 0 saturated heterocycles. The van der Waals surface area contributed by atoms with Gasteiger partial charge in [0.15, 0.2) is 5.16 Å². The molecule has 0 aliphatic carbocycles. The molecule has 0 aromatic carbocycles. The van der Waals surface area contributed by atoms with E-state index in [1.807, 2.05) is 19.1 Å². The third-order valence-corrected chi connectivity index (χ3v) is 3.66. The number of furan rings is 1. The van der Waals surface area contributed by atoms with Crippen molar-refractivity contribution in [3.05, 3.63) is 34.1 Å². The average molecular weight is 254 g/mol. The van der Waals surface area contributed by atoms with Gasteiger partial charge in [-0.05, 0) is 19.1 Å². The van der Waals surface area contributed by atoms with Crippen molar-refractivity contribution in [2.45, 2.75) is 17.3 Å². The van der Waals surface area contributed by atoms with Crippen LogP contribution in [0.25, 0.3) is 0 Å². The first-order valence-electron chi connectivity index (χ1n) is 5.16.